The van der Waals surface area contributed by atoms with Gasteiger partial charge >= 0.3 is 0 Å². The lowest BCUT2D eigenvalue weighted by Gasteiger charge is -2.16. The lowest BCUT2D eigenvalue weighted by Crippen LogP contribution is -2.26. The van der Waals surface area contributed by atoms with E-state index in [9.17, 15) is 9.59 Å². The van der Waals surface area contributed by atoms with Crippen molar-refractivity contribution >= 4 is 39.9 Å². The van der Waals surface area contributed by atoms with E-state index in [2.05, 4.69) is 16.9 Å². The Kier molecular flexibility index (Phi) is 6.39. The van der Waals surface area contributed by atoms with Crippen molar-refractivity contribution in [1.82, 2.24) is 9.55 Å². The number of carbonyl (C=O) groups is 1. The molecule has 1 heterocycles. The van der Waals surface area contributed by atoms with Crippen LogP contribution < -0.4 is 15.8 Å². The average molecular weight is 409 g/mol. The smallest absolute Gasteiger partial charge is 0.262 e. The highest BCUT2D eigenvalue weighted by atomic mass is 32.2. The van der Waals surface area contributed by atoms with Crippen LogP contribution in [0.1, 0.15) is 6.92 Å². The first kappa shape index (κ1) is 20.7. The molecule has 0 aliphatic rings. The molecule has 0 aliphatic heterocycles. The van der Waals surface area contributed by atoms with Gasteiger partial charge < -0.3 is 10.2 Å². The van der Waals surface area contributed by atoms with Gasteiger partial charge in [0, 0.05) is 32.0 Å². The van der Waals surface area contributed by atoms with Crippen molar-refractivity contribution in [2.24, 2.45) is 0 Å². The summed E-state index contributed by atoms with van der Waals surface area (Å²) in [5.74, 6) is -0.153. The van der Waals surface area contributed by atoms with Gasteiger partial charge in [0.15, 0.2) is 5.16 Å². The Morgan fingerprint density at radius 2 is 1.93 bits per heavy atom. The zero-order chi connectivity index (χ0) is 21.0. The van der Waals surface area contributed by atoms with Gasteiger partial charge in [-0.25, -0.2) is 4.98 Å². The van der Waals surface area contributed by atoms with E-state index in [0.29, 0.717) is 22.6 Å². The van der Waals surface area contributed by atoms with Crippen LogP contribution in [0.25, 0.3) is 10.9 Å². The average Bonchev–Trinajstić information content (AvgIpc) is 2.71. The number of thioether (sulfide) groups is 1. The lowest BCUT2D eigenvalue weighted by molar-refractivity contribution is -0.115. The molecule has 0 saturated heterocycles. The topological polar surface area (TPSA) is 67.2 Å². The number of nitrogens with one attached hydrogen (secondary N) is 1. The zero-order valence-corrected chi connectivity index (χ0v) is 17.6. The quantitative estimate of drug-likeness (QED) is 0.366. The zero-order valence-electron chi connectivity index (χ0n) is 16.8. The monoisotopic (exact) mass is 408 g/mol. The molecule has 0 spiro atoms. The highest BCUT2D eigenvalue weighted by molar-refractivity contribution is 8.00. The molecule has 1 amide bonds. The lowest BCUT2D eigenvalue weighted by atomic mass is 10.2. The Labute approximate surface area is 174 Å². The van der Waals surface area contributed by atoms with Crippen LogP contribution in [0.3, 0.4) is 0 Å². The van der Waals surface area contributed by atoms with E-state index >= 15 is 0 Å². The van der Waals surface area contributed by atoms with E-state index in [4.69, 9.17) is 0 Å². The molecule has 3 aromatic rings. The van der Waals surface area contributed by atoms with Gasteiger partial charge in [-0.1, -0.05) is 30.0 Å². The van der Waals surface area contributed by atoms with Crippen molar-refractivity contribution < 1.29 is 4.79 Å². The van der Waals surface area contributed by atoms with Crippen LogP contribution in [0.4, 0.5) is 11.4 Å². The van der Waals surface area contributed by atoms with Crippen molar-refractivity contribution in [3.05, 3.63) is 71.5 Å². The number of hydrogen-bond donors (Lipinski definition) is 1. The summed E-state index contributed by atoms with van der Waals surface area (Å²) in [5, 5.41) is 3.53. The van der Waals surface area contributed by atoms with Gasteiger partial charge in [0.25, 0.3) is 5.56 Å². The van der Waals surface area contributed by atoms with E-state index in [1.165, 1.54) is 11.8 Å². The number of allylic oxidation sites excluding steroid dienone is 1. The van der Waals surface area contributed by atoms with Crippen molar-refractivity contribution in [2.45, 2.75) is 23.9 Å². The Morgan fingerprint density at radius 1 is 1.24 bits per heavy atom. The molecule has 0 aliphatic carbocycles. The molecule has 7 heteroatoms. The van der Waals surface area contributed by atoms with Crippen LogP contribution >= 0.6 is 11.8 Å². The molecule has 3 rings (SSSR count). The number of carbonyl (C=O) groups excluding carboxylic acids is 1. The van der Waals surface area contributed by atoms with E-state index in [0.717, 1.165) is 11.4 Å². The molecule has 0 radical (unpaired) electrons. The maximum absolute atomic E-state index is 12.8. The first-order chi connectivity index (χ1) is 13.9. The number of fused-ring (bicyclic) bond motifs is 1. The molecule has 0 saturated carbocycles. The first-order valence-corrected chi connectivity index (χ1v) is 10.1. The maximum Gasteiger partial charge on any atom is 0.262 e. The van der Waals surface area contributed by atoms with Crippen molar-refractivity contribution in [3.63, 3.8) is 0 Å². The normalized spacial score (nSPS) is 11.8. The highest BCUT2D eigenvalue weighted by Gasteiger charge is 2.19. The van der Waals surface area contributed by atoms with Gasteiger partial charge in [-0.05, 0) is 43.3 Å². The number of rotatable bonds is 7. The summed E-state index contributed by atoms with van der Waals surface area (Å²) in [6.07, 6.45) is 1.65. The number of nitrogens with zero attached hydrogens (tertiary/aromatic N) is 3. The molecule has 2 aromatic carbocycles. The van der Waals surface area contributed by atoms with Crippen LogP contribution in [-0.4, -0.2) is 34.8 Å². The molecule has 29 heavy (non-hydrogen) atoms. The second-order valence-electron chi connectivity index (χ2n) is 6.81. The fourth-order valence-electron chi connectivity index (χ4n) is 2.83. The third kappa shape index (κ3) is 4.68. The molecule has 150 valence electrons. The number of aromatic nitrogens is 2. The Balaban J connectivity index is 1.82. The number of hydrogen-bond acceptors (Lipinski definition) is 5. The van der Waals surface area contributed by atoms with E-state index in [-0.39, 0.29) is 11.5 Å². The number of amides is 1. The van der Waals surface area contributed by atoms with Gasteiger partial charge in [-0.3, -0.25) is 14.2 Å². The predicted octanol–water partition coefficient (Wildman–Crippen LogP) is 3.77. The largest absolute Gasteiger partial charge is 0.378 e. The molecule has 0 bridgehead atoms. The third-order valence-electron chi connectivity index (χ3n) is 4.44. The van der Waals surface area contributed by atoms with E-state index in [1.807, 2.05) is 55.4 Å². The van der Waals surface area contributed by atoms with Gasteiger partial charge in [0.2, 0.25) is 5.91 Å². The molecular formula is C22H24N4O2S. The molecule has 6 nitrogen and oxygen atoms in total. The minimum atomic E-state index is -0.437. The second-order valence-corrected chi connectivity index (χ2v) is 8.11. The molecule has 1 aromatic heterocycles. The van der Waals surface area contributed by atoms with Gasteiger partial charge in [0.1, 0.15) is 0 Å². The minimum absolute atomic E-state index is 0.134. The van der Waals surface area contributed by atoms with Crippen molar-refractivity contribution in [2.75, 3.05) is 24.3 Å². The summed E-state index contributed by atoms with van der Waals surface area (Å²) in [5.41, 5.74) is 2.26. The van der Waals surface area contributed by atoms with Crippen molar-refractivity contribution in [3.8, 4) is 0 Å². The Hall–Kier alpha value is -3.06. The number of anilines is 2. The van der Waals surface area contributed by atoms with E-state index in [1.54, 1.807) is 29.7 Å². The Morgan fingerprint density at radius 3 is 2.59 bits per heavy atom. The molecule has 0 unspecified atom stereocenters. The SMILES string of the molecule is C=CCn1c(S[C@@H](C)C(=O)Nc2ccc(N(C)C)cc2)nc2ccccc2c1=O. The third-order valence-corrected chi connectivity index (χ3v) is 5.53. The fourth-order valence-corrected chi connectivity index (χ4v) is 3.74. The van der Waals surface area contributed by atoms with Crippen LogP contribution in [0.2, 0.25) is 0 Å². The van der Waals surface area contributed by atoms with E-state index < -0.39 is 5.25 Å². The van der Waals surface area contributed by atoms with Crippen LogP contribution in [0.5, 0.6) is 0 Å². The maximum atomic E-state index is 12.8. The van der Waals surface area contributed by atoms with Crippen LogP contribution in [0.15, 0.2) is 71.1 Å². The minimum Gasteiger partial charge on any atom is -0.378 e. The first-order valence-electron chi connectivity index (χ1n) is 9.26. The number of benzene rings is 2. The van der Waals surface area contributed by atoms with Gasteiger partial charge in [-0.2, -0.15) is 0 Å². The molecule has 1 N–H and O–H groups in total. The Bertz CT molecular complexity index is 1090. The summed E-state index contributed by atoms with van der Waals surface area (Å²) < 4.78 is 1.55. The molecular weight excluding hydrogens is 384 g/mol. The summed E-state index contributed by atoms with van der Waals surface area (Å²) >= 11 is 1.26. The second kappa shape index (κ2) is 8.96. The van der Waals surface area contributed by atoms with Crippen molar-refractivity contribution in [1.29, 1.82) is 0 Å². The predicted molar refractivity (Wildman–Crippen MR) is 121 cm³/mol. The number of para-hydroxylation sites is 1. The van der Waals surface area contributed by atoms with Crippen LogP contribution in [0, 0.1) is 0 Å². The molecule has 1 atom stereocenters. The van der Waals surface area contributed by atoms with Crippen LogP contribution in [-0.2, 0) is 11.3 Å². The standard InChI is InChI=1S/C22H24N4O2S/c1-5-14-26-21(28)18-8-6-7-9-19(18)24-22(26)29-15(2)20(27)23-16-10-12-17(13-11-16)25(3)4/h5-13,15H,1,14H2,2-4H3,(H,23,27)/t15-/m0/s1. The highest BCUT2D eigenvalue weighted by Crippen LogP contribution is 2.24. The summed E-state index contributed by atoms with van der Waals surface area (Å²) in [6.45, 7) is 5.86. The molecule has 0 fully saturated rings. The fraction of sp³-hybridized carbons (Fsp3) is 0.227. The van der Waals surface area contributed by atoms with Gasteiger partial charge in [0.05, 0.1) is 16.2 Å². The summed E-state index contributed by atoms with van der Waals surface area (Å²) in [4.78, 5) is 32.1. The summed E-state index contributed by atoms with van der Waals surface area (Å²) in [7, 11) is 3.93. The van der Waals surface area contributed by atoms with Gasteiger partial charge in [-0.15, -0.1) is 6.58 Å². The summed E-state index contributed by atoms with van der Waals surface area (Å²) in [6, 6.07) is 14.8.